The van der Waals surface area contributed by atoms with Crippen LogP contribution in [-0.2, 0) is 14.3 Å². The smallest absolute Gasteiger partial charge is 0.410 e. The van der Waals surface area contributed by atoms with E-state index in [2.05, 4.69) is 21.0 Å². The van der Waals surface area contributed by atoms with Crippen LogP contribution in [0.25, 0.3) is 0 Å². The molecule has 2 rings (SSSR count). The summed E-state index contributed by atoms with van der Waals surface area (Å²) in [5.41, 5.74) is 1.78. The lowest BCUT2D eigenvalue weighted by atomic mass is 9.77. The summed E-state index contributed by atoms with van der Waals surface area (Å²) < 4.78 is 5.26. The van der Waals surface area contributed by atoms with Crippen LogP contribution >= 0.6 is 0 Å². The molecule has 11 heteroatoms. The van der Waals surface area contributed by atoms with E-state index in [1.807, 2.05) is 0 Å². The lowest BCUT2D eigenvalue weighted by Gasteiger charge is -2.38. The molecule has 1 aromatic heterocycles. The highest BCUT2D eigenvalue weighted by Crippen LogP contribution is 2.32. The number of carboxylic acids is 1. The summed E-state index contributed by atoms with van der Waals surface area (Å²) in [6.07, 6.45) is 0.582. The Morgan fingerprint density at radius 1 is 1.18 bits per heavy atom. The number of nitrogens with one attached hydrogen (secondary N) is 2. The minimum atomic E-state index is -1.77. The van der Waals surface area contributed by atoms with Crippen molar-refractivity contribution in [2.24, 2.45) is 5.41 Å². The Bertz CT molecular complexity index is 753. The Kier molecular flexibility index (Phi) is 6.16. The van der Waals surface area contributed by atoms with Gasteiger partial charge in [0.2, 0.25) is 0 Å². The second kappa shape index (κ2) is 8.19. The lowest BCUT2D eigenvalue weighted by Crippen LogP contribution is -2.57. The number of carbonyl (C=O) groups is 4. The molecule has 0 saturated carbocycles. The molecule has 11 nitrogen and oxygen atoms in total. The van der Waals surface area contributed by atoms with Crippen molar-refractivity contribution >= 4 is 23.9 Å². The number of piperidine rings is 1. The van der Waals surface area contributed by atoms with Crippen LogP contribution in [0.4, 0.5) is 4.79 Å². The molecule has 1 aliphatic heterocycles. The second-order valence-corrected chi connectivity index (χ2v) is 7.37. The Balaban J connectivity index is 1.99. The fourth-order valence-electron chi connectivity index (χ4n) is 2.66. The zero-order chi connectivity index (χ0) is 20.9. The quantitative estimate of drug-likeness (QED) is 0.491. The van der Waals surface area contributed by atoms with Gasteiger partial charge in [-0.15, -0.1) is 5.10 Å². The van der Waals surface area contributed by atoms with E-state index in [0.717, 1.165) is 0 Å². The summed E-state index contributed by atoms with van der Waals surface area (Å²) in [5, 5.41) is 16.8. The van der Waals surface area contributed by atoms with Crippen LogP contribution in [0.3, 0.4) is 0 Å². The highest BCUT2D eigenvalue weighted by atomic mass is 16.6. The van der Waals surface area contributed by atoms with Crippen molar-refractivity contribution in [2.75, 3.05) is 13.1 Å². The van der Waals surface area contributed by atoms with Crippen LogP contribution in [0, 0.1) is 5.41 Å². The van der Waals surface area contributed by atoms with Gasteiger partial charge in [0.1, 0.15) is 5.60 Å². The van der Waals surface area contributed by atoms with Gasteiger partial charge in [-0.05, 0) is 45.7 Å². The summed E-state index contributed by atoms with van der Waals surface area (Å²) in [6.45, 7) is 5.25. The van der Waals surface area contributed by atoms with E-state index < -0.39 is 34.9 Å². The Morgan fingerprint density at radius 3 is 2.32 bits per heavy atom. The number of rotatable bonds is 3. The first-order valence-corrected chi connectivity index (χ1v) is 8.65. The number of amides is 3. The van der Waals surface area contributed by atoms with Gasteiger partial charge in [0.25, 0.3) is 11.8 Å². The largest absolute Gasteiger partial charge is 0.480 e. The summed E-state index contributed by atoms with van der Waals surface area (Å²) >= 11 is 0. The number of nitrogens with zero attached hydrogens (tertiary/aromatic N) is 3. The van der Waals surface area contributed by atoms with E-state index in [4.69, 9.17) is 4.74 Å². The van der Waals surface area contributed by atoms with E-state index >= 15 is 0 Å². The third-order valence-electron chi connectivity index (χ3n) is 4.21. The number of carbonyl (C=O) groups excluding carboxylic acids is 3. The molecule has 0 bridgehead atoms. The molecule has 0 aromatic carbocycles. The van der Waals surface area contributed by atoms with Crippen LogP contribution in [0.2, 0.25) is 0 Å². The maximum absolute atomic E-state index is 12.5. The van der Waals surface area contributed by atoms with E-state index in [1.54, 1.807) is 20.8 Å². The van der Waals surface area contributed by atoms with Crippen LogP contribution in [0.1, 0.15) is 44.1 Å². The Hall–Kier alpha value is -3.24. The lowest BCUT2D eigenvalue weighted by molar-refractivity contribution is -0.159. The van der Waals surface area contributed by atoms with Crippen molar-refractivity contribution in [3.63, 3.8) is 0 Å². The molecular formula is C17H23N5O6. The molecule has 1 fully saturated rings. The monoisotopic (exact) mass is 393 g/mol. The molecule has 3 N–H and O–H groups in total. The van der Waals surface area contributed by atoms with Gasteiger partial charge >= 0.3 is 12.1 Å². The minimum Gasteiger partial charge on any atom is -0.480 e. The van der Waals surface area contributed by atoms with Crippen molar-refractivity contribution < 1.29 is 29.0 Å². The van der Waals surface area contributed by atoms with Gasteiger partial charge in [-0.3, -0.25) is 25.2 Å². The Morgan fingerprint density at radius 2 is 1.82 bits per heavy atom. The number of carboxylic acid groups (broad SMARTS) is 1. The second-order valence-electron chi connectivity index (χ2n) is 7.37. The van der Waals surface area contributed by atoms with Crippen LogP contribution in [0.15, 0.2) is 18.3 Å². The molecule has 152 valence electrons. The van der Waals surface area contributed by atoms with E-state index in [1.165, 1.54) is 23.2 Å². The topological polar surface area (TPSA) is 151 Å². The van der Waals surface area contributed by atoms with Gasteiger partial charge in [-0.25, -0.2) is 4.79 Å². The molecule has 0 atom stereocenters. The van der Waals surface area contributed by atoms with Crippen molar-refractivity contribution in [1.82, 2.24) is 25.9 Å². The van der Waals surface area contributed by atoms with Crippen molar-refractivity contribution in [3.8, 4) is 0 Å². The van der Waals surface area contributed by atoms with Gasteiger partial charge in [0, 0.05) is 19.3 Å². The maximum Gasteiger partial charge on any atom is 0.410 e. The number of likely N-dealkylation sites (tertiary alicyclic amines) is 1. The molecule has 0 aliphatic carbocycles. The SMILES string of the molecule is CC(C)(C)OC(=O)N1CCC(C(=O)O)(C(=O)NNC(=O)c2cccnn2)CC1. The first-order valence-electron chi connectivity index (χ1n) is 8.65. The maximum atomic E-state index is 12.5. The average Bonchev–Trinajstić information content (AvgIpc) is 2.65. The van der Waals surface area contributed by atoms with Crippen LogP contribution in [-0.4, -0.2) is 62.8 Å². The van der Waals surface area contributed by atoms with Crippen LogP contribution < -0.4 is 10.9 Å². The molecule has 0 radical (unpaired) electrons. The van der Waals surface area contributed by atoms with E-state index in [0.29, 0.717) is 0 Å². The highest BCUT2D eigenvalue weighted by molar-refractivity contribution is 6.03. The van der Waals surface area contributed by atoms with E-state index in [9.17, 15) is 24.3 Å². The first kappa shape index (κ1) is 21.1. The van der Waals surface area contributed by atoms with Gasteiger partial charge in [0.05, 0.1) is 0 Å². The van der Waals surface area contributed by atoms with Gasteiger partial charge < -0.3 is 14.7 Å². The zero-order valence-electron chi connectivity index (χ0n) is 15.9. The number of aromatic nitrogens is 2. The zero-order valence-corrected chi connectivity index (χ0v) is 15.9. The third kappa shape index (κ3) is 4.93. The van der Waals surface area contributed by atoms with E-state index in [-0.39, 0.29) is 31.6 Å². The molecular weight excluding hydrogens is 370 g/mol. The molecule has 2 heterocycles. The summed E-state index contributed by atoms with van der Waals surface area (Å²) in [6, 6.07) is 2.88. The number of aliphatic carboxylic acids is 1. The molecule has 1 aliphatic rings. The summed E-state index contributed by atoms with van der Waals surface area (Å²) in [7, 11) is 0. The fraction of sp³-hybridized carbons (Fsp3) is 0.529. The Labute approximate surface area is 161 Å². The van der Waals surface area contributed by atoms with Crippen molar-refractivity contribution in [1.29, 1.82) is 0 Å². The number of hydrazine groups is 1. The first-order chi connectivity index (χ1) is 13.0. The van der Waals surface area contributed by atoms with Crippen molar-refractivity contribution in [2.45, 2.75) is 39.2 Å². The molecule has 0 unspecified atom stereocenters. The molecule has 3 amide bonds. The predicted octanol–water partition coefficient (Wildman–Crippen LogP) is 0.340. The summed E-state index contributed by atoms with van der Waals surface area (Å²) in [4.78, 5) is 49.7. The molecule has 0 spiro atoms. The van der Waals surface area contributed by atoms with Gasteiger partial charge in [0.15, 0.2) is 11.1 Å². The number of ether oxygens (including phenoxy) is 1. The van der Waals surface area contributed by atoms with Crippen LogP contribution in [0.5, 0.6) is 0 Å². The molecule has 28 heavy (non-hydrogen) atoms. The highest BCUT2D eigenvalue weighted by Gasteiger charge is 2.49. The average molecular weight is 393 g/mol. The standard InChI is InChI=1S/C17H23N5O6/c1-16(2,3)28-15(27)22-9-6-17(7-10-22,14(25)26)13(24)21-20-12(23)11-5-4-8-18-19-11/h4-5,8H,6-7,9-10H2,1-3H3,(H,20,23)(H,21,24)(H,25,26). The number of hydrogen-bond donors (Lipinski definition) is 3. The van der Waals surface area contributed by atoms with Gasteiger partial charge in [-0.2, -0.15) is 5.10 Å². The molecule has 1 saturated heterocycles. The minimum absolute atomic E-state index is 0.0345. The van der Waals surface area contributed by atoms with Crippen molar-refractivity contribution in [3.05, 3.63) is 24.0 Å². The molecule has 1 aromatic rings. The third-order valence-corrected chi connectivity index (χ3v) is 4.21. The predicted molar refractivity (Wildman–Crippen MR) is 94.8 cm³/mol. The number of hydrogen-bond acceptors (Lipinski definition) is 7. The fourth-order valence-corrected chi connectivity index (χ4v) is 2.66. The normalized spacial score (nSPS) is 16.0. The van der Waals surface area contributed by atoms with Gasteiger partial charge in [-0.1, -0.05) is 0 Å². The summed E-state index contributed by atoms with van der Waals surface area (Å²) in [5.74, 6) is -2.93.